The third-order valence-corrected chi connectivity index (χ3v) is 6.88. The fraction of sp³-hybridized carbons (Fsp3) is 0.286. The van der Waals surface area contributed by atoms with Crippen molar-refractivity contribution in [2.24, 2.45) is 0 Å². The number of benzene rings is 2. The van der Waals surface area contributed by atoms with Gasteiger partial charge in [-0.2, -0.15) is 4.31 Å². The number of sulfonamides is 1. The average Bonchev–Trinajstić information content (AvgIpc) is 2.67. The molecule has 28 heavy (non-hydrogen) atoms. The van der Waals surface area contributed by atoms with E-state index in [0.717, 1.165) is 11.1 Å². The lowest BCUT2D eigenvalue weighted by atomic mass is 10.1. The van der Waals surface area contributed by atoms with E-state index in [1.807, 2.05) is 19.1 Å². The molecule has 1 saturated heterocycles. The first-order chi connectivity index (χ1) is 13.3. The smallest absolute Gasteiger partial charge is 0.244 e. The number of halogens is 1. The SMILES string of the molecule is Cc1ccc(S(=O)(=O)N2CCC(NC(=O)/C=C/c3cccc(Cl)c3)CC2)cc1. The zero-order valence-corrected chi connectivity index (χ0v) is 17.2. The summed E-state index contributed by atoms with van der Waals surface area (Å²) in [6.07, 6.45) is 4.35. The average molecular weight is 419 g/mol. The highest BCUT2D eigenvalue weighted by atomic mass is 35.5. The molecule has 148 valence electrons. The first-order valence-electron chi connectivity index (χ1n) is 9.15. The van der Waals surface area contributed by atoms with Crippen molar-refractivity contribution < 1.29 is 13.2 Å². The second-order valence-corrected chi connectivity index (χ2v) is 9.26. The number of carbonyl (C=O) groups is 1. The molecule has 0 spiro atoms. The summed E-state index contributed by atoms with van der Waals surface area (Å²) in [6, 6.07) is 14.1. The van der Waals surface area contributed by atoms with Crippen molar-refractivity contribution in [1.29, 1.82) is 0 Å². The van der Waals surface area contributed by atoms with Gasteiger partial charge in [-0.15, -0.1) is 0 Å². The molecule has 1 aliphatic rings. The van der Waals surface area contributed by atoms with Gasteiger partial charge in [0.1, 0.15) is 0 Å². The molecule has 3 rings (SSSR count). The van der Waals surface area contributed by atoms with Crippen LogP contribution in [0.15, 0.2) is 59.5 Å². The Morgan fingerprint density at radius 3 is 2.46 bits per heavy atom. The Labute approximate surface area is 171 Å². The van der Waals surface area contributed by atoms with Crippen LogP contribution >= 0.6 is 11.6 Å². The van der Waals surface area contributed by atoms with Crippen LogP contribution in [0.4, 0.5) is 0 Å². The van der Waals surface area contributed by atoms with Crippen molar-refractivity contribution in [2.75, 3.05) is 13.1 Å². The Kier molecular flexibility index (Phi) is 6.54. The molecular formula is C21H23ClN2O3S. The van der Waals surface area contributed by atoms with E-state index < -0.39 is 10.0 Å². The quantitative estimate of drug-likeness (QED) is 0.754. The molecule has 0 atom stereocenters. The predicted molar refractivity (Wildman–Crippen MR) is 112 cm³/mol. The zero-order valence-electron chi connectivity index (χ0n) is 15.6. The van der Waals surface area contributed by atoms with E-state index in [2.05, 4.69) is 5.32 Å². The van der Waals surface area contributed by atoms with Crippen LogP contribution in [0.1, 0.15) is 24.0 Å². The van der Waals surface area contributed by atoms with Crippen LogP contribution in [-0.4, -0.2) is 37.8 Å². The molecule has 0 aliphatic carbocycles. The summed E-state index contributed by atoms with van der Waals surface area (Å²) in [4.78, 5) is 12.4. The number of rotatable bonds is 5. The number of aryl methyl sites for hydroxylation is 1. The lowest BCUT2D eigenvalue weighted by Crippen LogP contribution is -2.46. The first kappa shape index (κ1) is 20.6. The lowest BCUT2D eigenvalue weighted by molar-refractivity contribution is -0.117. The van der Waals surface area contributed by atoms with Crippen molar-refractivity contribution in [2.45, 2.75) is 30.7 Å². The molecule has 7 heteroatoms. The minimum Gasteiger partial charge on any atom is -0.350 e. The third-order valence-electron chi connectivity index (χ3n) is 4.73. The number of nitrogens with one attached hydrogen (secondary N) is 1. The Hall–Kier alpha value is -2.15. The van der Waals surface area contributed by atoms with Gasteiger partial charge in [-0.05, 0) is 55.7 Å². The van der Waals surface area contributed by atoms with Gasteiger partial charge in [-0.25, -0.2) is 8.42 Å². The molecule has 1 fully saturated rings. The minimum atomic E-state index is -3.49. The van der Waals surface area contributed by atoms with E-state index in [1.54, 1.807) is 42.5 Å². The highest BCUT2D eigenvalue weighted by Crippen LogP contribution is 2.21. The number of amides is 1. The van der Waals surface area contributed by atoms with Crippen LogP contribution in [0.2, 0.25) is 5.02 Å². The van der Waals surface area contributed by atoms with E-state index in [9.17, 15) is 13.2 Å². The number of carbonyl (C=O) groups excluding carboxylic acids is 1. The maximum absolute atomic E-state index is 12.7. The lowest BCUT2D eigenvalue weighted by Gasteiger charge is -2.31. The molecule has 2 aromatic carbocycles. The number of hydrogen-bond acceptors (Lipinski definition) is 3. The topological polar surface area (TPSA) is 66.5 Å². The van der Waals surface area contributed by atoms with Gasteiger partial charge in [0.25, 0.3) is 0 Å². The van der Waals surface area contributed by atoms with E-state index >= 15 is 0 Å². The van der Waals surface area contributed by atoms with Gasteiger partial charge >= 0.3 is 0 Å². The van der Waals surface area contributed by atoms with Crippen LogP contribution in [-0.2, 0) is 14.8 Å². The van der Waals surface area contributed by atoms with Crippen LogP contribution in [0, 0.1) is 6.92 Å². The molecule has 0 bridgehead atoms. The van der Waals surface area contributed by atoms with Gasteiger partial charge < -0.3 is 5.32 Å². The van der Waals surface area contributed by atoms with Gasteiger partial charge in [0.05, 0.1) is 4.90 Å². The molecule has 1 amide bonds. The van der Waals surface area contributed by atoms with Crippen molar-refractivity contribution in [3.05, 3.63) is 70.8 Å². The second-order valence-electron chi connectivity index (χ2n) is 6.89. The van der Waals surface area contributed by atoms with Crippen LogP contribution in [0.25, 0.3) is 6.08 Å². The summed E-state index contributed by atoms with van der Waals surface area (Å²) >= 11 is 5.93. The van der Waals surface area contributed by atoms with Crippen molar-refractivity contribution in [1.82, 2.24) is 9.62 Å². The first-order valence-corrected chi connectivity index (χ1v) is 11.0. The van der Waals surface area contributed by atoms with Crippen LogP contribution in [0.3, 0.4) is 0 Å². The summed E-state index contributed by atoms with van der Waals surface area (Å²) in [5, 5.41) is 3.56. The zero-order chi connectivity index (χ0) is 20.1. The Bertz CT molecular complexity index is 963. The van der Waals surface area contributed by atoms with Crippen molar-refractivity contribution in [3.63, 3.8) is 0 Å². The van der Waals surface area contributed by atoms with E-state index in [1.165, 1.54) is 10.4 Å². The molecular weight excluding hydrogens is 396 g/mol. The van der Waals surface area contributed by atoms with Crippen LogP contribution in [0.5, 0.6) is 0 Å². The van der Waals surface area contributed by atoms with E-state index in [-0.39, 0.29) is 11.9 Å². The van der Waals surface area contributed by atoms with Crippen LogP contribution < -0.4 is 5.32 Å². The van der Waals surface area contributed by atoms with Crippen molar-refractivity contribution in [3.8, 4) is 0 Å². The van der Waals surface area contributed by atoms with Gasteiger partial charge in [0.15, 0.2) is 0 Å². The largest absolute Gasteiger partial charge is 0.350 e. The monoisotopic (exact) mass is 418 g/mol. The molecule has 0 saturated carbocycles. The molecule has 0 unspecified atom stereocenters. The summed E-state index contributed by atoms with van der Waals surface area (Å²) < 4.78 is 27.0. The molecule has 2 aromatic rings. The molecule has 5 nitrogen and oxygen atoms in total. The fourth-order valence-corrected chi connectivity index (χ4v) is 4.80. The number of nitrogens with zero attached hydrogens (tertiary/aromatic N) is 1. The molecule has 0 radical (unpaired) electrons. The summed E-state index contributed by atoms with van der Waals surface area (Å²) in [6.45, 7) is 2.70. The Morgan fingerprint density at radius 1 is 1.14 bits per heavy atom. The van der Waals surface area contributed by atoms with E-state index in [4.69, 9.17) is 11.6 Å². The highest BCUT2D eigenvalue weighted by molar-refractivity contribution is 7.89. The van der Waals surface area contributed by atoms with Crippen molar-refractivity contribution >= 4 is 33.6 Å². The number of hydrogen-bond donors (Lipinski definition) is 1. The molecule has 1 heterocycles. The van der Waals surface area contributed by atoms with Gasteiger partial charge in [-0.1, -0.05) is 41.4 Å². The standard InChI is InChI=1S/C21H23ClN2O3S/c1-16-5-8-20(9-6-16)28(26,27)24-13-11-19(12-14-24)23-21(25)10-7-17-3-2-4-18(22)15-17/h2-10,15,19H,11-14H2,1H3,(H,23,25)/b10-7+. The highest BCUT2D eigenvalue weighted by Gasteiger charge is 2.29. The maximum Gasteiger partial charge on any atom is 0.244 e. The molecule has 1 aliphatic heterocycles. The fourth-order valence-electron chi connectivity index (χ4n) is 3.13. The van der Waals surface area contributed by atoms with Gasteiger partial charge in [0.2, 0.25) is 15.9 Å². The summed E-state index contributed by atoms with van der Waals surface area (Å²) in [7, 11) is -3.49. The van der Waals surface area contributed by atoms with E-state index in [0.29, 0.717) is 35.8 Å². The van der Waals surface area contributed by atoms with Gasteiger partial charge in [-0.3, -0.25) is 4.79 Å². The van der Waals surface area contributed by atoms with Gasteiger partial charge in [0, 0.05) is 30.2 Å². The number of piperidine rings is 1. The maximum atomic E-state index is 12.7. The Balaban J connectivity index is 1.53. The summed E-state index contributed by atoms with van der Waals surface area (Å²) in [5.74, 6) is -0.195. The Morgan fingerprint density at radius 2 is 1.82 bits per heavy atom. The predicted octanol–water partition coefficient (Wildman–Crippen LogP) is 3.63. The third kappa shape index (κ3) is 5.22. The summed E-state index contributed by atoms with van der Waals surface area (Å²) in [5.41, 5.74) is 1.87. The minimum absolute atomic E-state index is 0.0408. The molecule has 1 N–H and O–H groups in total. The second kappa shape index (κ2) is 8.90. The molecule has 0 aromatic heterocycles. The normalized spacial score (nSPS) is 16.4.